The van der Waals surface area contributed by atoms with Crippen molar-refractivity contribution in [2.45, 2.75) is 58.7 Å². The fraction of sp³-hybridized carbons (Fsp3) is 0.440. The molecule has 0 heterocycles. The number of rotatable bonds is 10. The number of carbonyl (C=O) groups excluding carboxylic acids is 2. The van der Waals surface area contributed by atoms with E-state index in [1.165, 1.54) is 9.21 Å². The molecule has 192 valence electrons. The summed E-state index contributed by atoms with van der Waals surface area (Å²) in [7, 11) is -3.58. The molecule has 0 spiro atoms. The summed E-state index contributed by atoms with van der Waals surface area (Å²) in [6.45, 7) is 7.71. The molecule has 10 heteroatoms. The van der Waals surface area contributed by atoms with E-state index in [9.17, 15) is 18.0 Å². The Labute approximate surface area is 222 Å². The number of anilines is 1. The quantitative estimate of drug-likeness (QED) is 0.425. The van der Waals surface area contributed by atoms with Crippen molar-refractivity contribution in [3.8, 4) is 0 Å². The van der Waals surface area contributed by atoms with E-state index in [0.717, 1.165) is 16.3 Å². The lowest BCUT2D eigenvalue weighted by atomic mass is 10.1. The molecule has 1 N–H and O–H groups in total. The molecule has 2 rings (SSSR count). The molecule has 2 amide bonds. The molecule has 0 saturated heterocycles. The minimum atomic E-state index is -3.58. The SMILES string of the molecule is C[C@@H](C(=O)NC(C)(C)C)N(Cc1cccc(Br)c1)C(=O)CCCN(c1cccc(Cl)c1)S(C)(=O)=O. The van der Waals surface area contributed by atoms with Crippen LogP contribution in [-0.2, 0) is 26.2 Å². The van der Waals surface area contributed by atoms with Gasteiger partial charge in [0.15, 0.2) is 0 Å². The number of carbonyl (C=O) groups is 2. The van der Waals surface area contributed by atoms with Gasteiger partial charge >= 0.3 is 0 Å². The molecule has 0 aliphatic carbocycles. The highest BCUT2D eigenvalue weighted by atomic mass is 79.9. The first-order valence-corrected chi connectivity index (χ1v) is 14.3. The predicted molar refractivity (Wildman–Crippen MR) is 145 cm³/mol. The van der Waals surface area contributed by atoms with Crippen LogP contribution >= 0.6 is 27.5 Å². The molecule has 2 aromatic rings. The van der Waals surface area contributed by atoms with Gasteiger partial charge < -0.3 is 10.2 Å². The van der Waals surface area contributed by atoms with E-state index >= 15 is 0 Å². The van der Waals surface area contributed by atoms with Gasteiger partial charge in [-0.05, 0) is 70.0 Å². The highest BCUT2D eigenvalue weighted by Crippen LogP contribution is 2.23. The largest absolute Gasteiger partial charge is 0.350 e. The van der Waals surface area contributed by atoms with E-state index in [0.29, 0.717) is 10.7 Å². The number of benzene rings is 2. The van der Waals surface area contributed by atoms with Crippen LogP contribution in [0.15, 0.2) is 53.0 Å². The number of sulfonamides is 1. The summed E-state index contributed by atoms with van der Waals surface area (Å²) in [6.07, 6.45) is 1.48. The summed E-state index contributed by atoms with van der Waals surface area (Å²) < 4.78 is 26.9. The second-order valence-electron chi connectivity index (χ2n) is 9.49. The van der Waals surface area contributed by atoms with Gasteiger partial charge in [0.05, 0.1) is 11.9 Å². The number of amides is 2. The lowest BCUT2D eigenvalue weighted by Gasteiger charge is -2.32. The normalized spacial score (nSPS) is 12.7. The lowest BCUT2D eigenvalue weighted by molar-refractivity contribution is -0.141. The molecule has 0 aromatic heterocycles. The van der Waals surface area contributed by atoms with Gasteiger partial charge in [0.1, 0.15) is 6.04 Å². The molecule has 0 unspecified atom stereocenters. The van der Waals surface area contributed by atoms with Gasteiger partial charge in [-0.25, -0.2) is 8.42 Å². The average Bonchev–Trinajstić information content (AvgIpc) is 2.72. The molecule has 0 fully saturated rings. The minimum absolute atomic E-state index is 0.0771. The topological polar surface area (TPSA) is 86.8 Å². The molecule has 0 saturated carbocycles. The summed E-state index contributed by atoms with van der Waals surface area (Å²) in [5.74, 6) is -0.487. The first kappa shape index (κ1) is 29.1. The van der Waals surface area contributed by atoms with Gasteiger partial charge in [0.25, 0.3) is 0 Å². The first-order chi connectivity index (χ1) is 16.2. The third-order valence-electron chi connectivity index (χ3n) is 5.16. The highest BCUT2D eigenvalue weighted by Gasteiger charge is 2.28. The van der Waals surface area contributed by atoms with Crippen molar-refractivity contribution in [1.29, 1.82) is 0 Å². The second kappa shape index (κ2) is 12.2. The van der Waals surface area contributed by atoms with Crippen LogP contribution in [0.25, 0.3) is 0 Å². The van der Waals surface area contributed by atoms with Gasteiger partial charge in [-0.3, -0.25) is 13.9 Å². The van der Waals surface area contributed by atoms with Crippen LogP contribution in [-0.4, -0.2) is 49.5 Å². The van der Waals surface area contributed by atoms with Crippen molar-refractivity contribution in [2.24, 2.45) is 0 Å². The van der Waals surface area contributed by atoms with Crippen LogP contribution in [0.4, 0.5) is 5.69 Å². The zero-order valence-electron chi connectivity index (χ0n) is 20.7. The average molecular weight is 587 g/mol. The monoisotopic (exact) mass is 585 g/mol. The van der Waals surface area contributed by atoms with Crippen LogP contribution in [0, 0.1) is 0 Å². The molecular formula is C25H33BrClN3O4S. The van der Waals surface area contributed by atoms with Gasteiger partial charge in [-0.1, -0.05) is 45.7 Å². The number of hydrogen-bond donors (Lipinski definition) is 1. The van der Waals surface area contributed by atoms with Crippen LogP contribution in [0.5, 0.6) is 0 Å². The number of nitrogens with one attached hydrogen (secondary N) is 1. The van der Waals surface area contributed by atoms with Crippen LogP contribution in [0.1, 0.15) is 46.1 Å². The zero-order chi connectivity index (χ0) is 26.4. The fourth-order valence-corrected chi connectivity index (χ4v) is 5.11. The van der Waals surface area contributed by atoms with E-state index in [4.69, 9.17) is 11.6 Å². The molecule has 0 aliphatic heterocycles. The summed E-state index contributed by atoms with van der Waals surface area (Å²) in [5.41, 5.74) is 0.874. The van der Waals surface area contributed by atoms with Crippen LogP contribution in [0.3, 0.4) is 0 Å². The van der Waals surface area contributed by atoms with Crippen LogP contribution < -0.4 is 9.62 Å². The molecule has 0 radical (unpaired) electrons. The molecule has 0 aliphatic rings. The van der Waals surface area contributed by atoms with Crippen molar-refractivity contribution in [1.82, 2.24) is 10.2 Å². The lowest BCUT2D eigenvalue weighted by Crippen LogP contribution is -2.52. The Morgan fingerprint density at radius 3 is 2.34 bits per heavy atom. The Kier molecular flexibility index (Phi) is 10.2. The first-order valence-electron chi connectivity index (χ1n) is 11.3. The van der Waals surface area contributed by atoms with Crippen molar-refractivity contribution in [3.63, 3.8) is 0 Å². The summed E-state index contributed by atoms with van der Waals surface area (Å²) >= 11 is 9.48. The van der Waals surface area contributed by atoms with Gasteiger partial charge in [0.2, 0.25) is 21.8 Å². The maximum absolute atomic E-state index is 13.3. The zero-order valence-corrected chi connectivity index (χ0v) is 23.9. The molecule has 7 nitrogen and oxygen atoms in total. The molecule has 0 bridgehead atoms. The Hall–Kier alpha value is -2.10. The summed E-state index contributed by atoms with van der Waals surface area (Å²) in [6, 6.07) is 13.4. The predicted octanol–water partition coefficient (Wildman–Crippen LogP) is 4.98. The van der Waals surface area contributed by atoms with Gasteiger partial charge in [0, 0.05) is 34.5 Å². The van der Waals surface area contributed by atoms with Crippen molar-refractivity contribution in [3.05, 3.63) is 63.6 Å². The van der Waals surface area contributed by atoms with Crippen molar-refractivity contribution >= 4 is 55.1 Å². The highest BCUT2D eigenvalue weighted by molar-refractivity contribution is 9.10. The van der Waals surface area contributed by atoms with Gasteiger partial charge in [-0.2, -0.15) is 0 Å². The van der Waals surface area contributed by atoms with E-state index in [1.54, 1.807) is 31.2 Å². The fourth-order valence-electron chi connectivity index (χ4n) is 3.52. The van der Waals surface area contributed by atoms with E-state index in [1.807, 2.05) is 45.0 Å². The maximum atomic E-state index is 13.3. The Bertz CT molecular complexity index is 1150. The minimum Gasteiger partial charge on any atom is -0.350 e. The molecule has 1 atom stereocenters. The Morgan fingerprint density at radius 1 is 1.11 bits per heavy atom. The van der Waals surface area contributed by atoms with E-state index in [-0.39, 0.29) is 37.7 Å². The third-order valence-corrected chi connectivity index (χ3v) is 7.08. The Balaban J connectivity index is 2.19. The number of hydrogen-bond acceptors (Lipinski definition) is 4. The smallest absolute Gasteiger partial charge is 0.242 e. The second-order valence-corrected chi connectivity index (χ2v) is 12.7. The van der Waals surface area contributed by atoms with E-state index in [2.05, 4.69) is 21.2 Å². The molecule has 2 aromatic carbocycles. The van der Waals surface area contributed by atoms with Crippen LogP contribution in [0.2, 0.25) is 5.02 Å². The van der Waals surface area contributed by atoms with Gasteiger partial charge in [-0.15, -0.1) is 0 Å². The number of nitrogens with zero attached hydrogens (tertiary/aromatic N) is 2. The third kappa shape index (κ3) is 9.46. The van der Waals surface area contributed by atoms with E-state index < -0.39 is 21.6 Å². The number of halogens is 2. The molecular weight excluding hydrogens is 554 g/mol. The standard InChI is InChI=1S/C25H33BrClN3O4S/c1-18(24(32)28-25(2,3)4)29(17-19-9-6-10-20(26)15-19)23(31)13-8-14-30(35(5,33)34)22-12-7-11-21(27)16-22/h6-7,9-12,15-16,18H,8,13-14,17H2,1-5H3,(H,28,32)/t18-/m0/s1. The summed E-state index contributed by atoms with van der Waals surface area (Å²) in [5, 5.41) is 3.35. The maximum Gasteiger partial charge on any atom is 0.242 e. The Morgan fingerprint density at radius 2 is 1.77 bits per heavy atom. The summed E-state index contributed by atoms with van der Waals surface area (Å²) in [4.78, 5) is 27.7. The molecule has 35 heavy (non-hydrogen) atoms. The van der Waals surface area contributed by atoms with Crippen molar-refractivity contribution in [2.75, 3.05) is 17.1 Å². The van der Waals surface area contributed by atoms with Crippen molar-refractivity contribution < 1.29 is 18.0 Å².